The summed E-state index contributed by atoms with van der Waals surface area (Å²) in [4.78, 5) is 11.7. The van der Waals surface area contributed by atoms with E-state index in [1.165, 1.54) is 13.1 Å². The largest absolute Gasteiger partial charge is 0.488 e. The summed E-state index contributed by atoms with van der Waals surface area (Å²) in [6, 6.07) is 9.53. The smallest absolute Gasteiger partial charge is 0.419 e. The molecule has 0 aromatic heterocycles. The Hall–Kier alpha value is -1.77. The zero-order chi connectivity index (χ0) is 19.3. The number of ether oxygens (including phenoxy) is 1. The van der Waals surface area contributed by atoms with Crippen LogP contribution in [-0.2, 0) is 30.4 Å². The molecule has 0 heterocycles. The Morgan fingerprint density at radius 1 is 1.23 bits per heavy atom. The van der Waals surface area contributed by atoms with Crippen molar-refractivity contribution in [1.82, 2.24) is 5.32 Å². The van der Waals surface area contributed by atoms with Crippen molar-refractivity contribution in [2.24, 2.45) is 0 Å². The highest BCUT2D eigenvalue weighted by molar-refractivity contribution is 14.1. The molecule has 3 nitrogen and oxygen atoms in total. The minimum atomic E-state index is -4.49. The number of aryl methyl sites for hydroxylation is 1. The Morgan fingerprint density at radius 3 is 2.58 bits per heavy atom. The molecular weight excluding hydrogens is 458 g/mol. The fourth-order valence-corrected chi connectivity index (χ4v) is 3.20. The van der Waals surface area contributed by atoms with Gasteiger partial charge in [0.2, 0.25) is 5.91 Å². The first kappa shape index (κ1) is 20.5. The fourth-order valence-electron chi connectivity index (χ4n) is 2.49. The first-order chi connectivity index (χ1) is 12.3. The number of alkyl halides is 3. The van der Waals surface area contributed by atoms with Gasteiger partial charge in [-0.1, -0.05) is 25.1 Å². The van der Waals surface area contributed by atoms with E-state index in [1.807, 2.05) is 6.07 Å². The zero-order valence-electron chi connectivity index (χ0n) is 14.4. The summed E-state index contributed by atoms with van der Waals surface area (Å²) in [7, 11) is 1.54. The highest BCUT2D eigenvalue weighted by Crippen LogP contribution is 2.37. The van der Waals surface area contributed by atoms with Gasteiger partial charge in [0.1, 0.15) is 12.4 Å². The molecule has 0 radical (unpaired) electrons. The molecule has 0 unspecified atom stereocenters. The van der Waals surface area contributed by atoms with Gasteiger partial charge in [-0.2, -0.15) is 13.2 Å². The van der Waals surface area contributed by atoms with E-state index < -0.39 is 11.7 Å². The topological polar surface area (TPSA) is 38.3 Å². The van der Waals surface area contributed by atoms with Gasteiger partial charge in [0.05, 0.1) is 12.0 Å². The van der Waals surface area contributed by atoms with Crippen molar-refractivity contribution >= 4 is 28.5 Å². The fraction of sp³-hybridized carbons (Fsp3) is 0.316. The second kappa shape index (κ2) is 8.75. The molecule has 0 aliphatic heterocycles. The van der Waals surface area contributed by atoms with Crippen LogP contribution in [0.25, 0.3) is 0 Å². The molecular formula is C19H19F3INO2. The third-order valence-corrected chi connectivity index (χ3v) is 4.99. The molecule has 0 saturated heterocycles. The van der Waals surface area contributed by atoms with Crippen LogP contribution in [0.3, 0.4) is 0 Å². The monoisotopic (exact) mass is 477 g/mol. The van der Waals surface area contributed by atoms with E-state index in [4.69, 9.17) is 4.74 Å². The van der Waals surface area contributed by atoms with Gasteiger partial charge >= 0.3 is 6.18 Å². The summed E-state index contributed by atoms with van der Waals surface area (Å²) in [6.45, 7) is 1.76. The highest BCUT2D eigenvalue weighted by atomic mass is 127. The lowest BCUT2D eigenvalue weighted by molar-refractivity contribution is -0.139. The molecule has 0 saturated carbocycles. The molecule has 2 rings (SSSR count). The Morgan fingerprint density at radius 2 is 1.96 bits per heavy atom. The van der Waals surface area contributed by atoms with Crippen LogP contribution in [0.4, 0.5) is 13.2 Å². The summed E-state index contributed by atoms with van der Waals surface area (Å²) < 4.78 is 46.4. The van der Waals surface area contributed by atoms with Gasteiger partial charge in [-0.05, 0) is 58.3 Å². The summed E-state index contributed by atoms with van der Waals surface area (Å²) >= 11 is 2.09. The first-order valence-corrected chi connectivity index (χ1v) is 9.13. The van der Waals surface area contributed by atoms with Gasteiger partial charge in [0.15, 0.2) is 0 Å². The summed E-state index contributed by atoms with van der Waals surface area (Å²) in [5, 5.41) is 2.54. The van der Waals surface area contributed by atoms with E-state index >= 15 is 0 Å². The predicted octanol–water partition coefficient (Wildman–Crippen LogP) is 4.74. The second-order valence-electron chi connectivity index (χ2n) is 5.70. The number of hydrogen-bond acceptors (Lipinski definition) is 2. The highest BCUT2D eigenvalue weighted by Gasteiger charge is 2.34. The quantitative estimate of drug-likeness (QED) is 0.611. The van der Waals surface area contributed by atoms with Crippen LogP contribution in [0, 0.1) is 3.57 Å². The van der Waals surface area contributed by atoms with E-state index in [2.05, 4.69) is 27.9 Å². The van der Waals surface area contributed by atoms with Crippen molar-refractivity contribution in [2.75, 3.05) is 7.05 Å². The molecule has 0 spiro atoms. The minimum Gasteiger partial charge on any atom is -0.488 e. The molecule has 0 bridgehead atoms. The molecule has 0 atom stereocenters. The number of likely N-dealkylation sites (N-methyl/N-ethyl adjacent to an activating group) is 1. The van der Waals surface area contributed by atoms with E-state index in [9.17, 15) is 18.0 Å². The van der Waals surface area contributed by atoms with Crippen molar-refractivity contribution in [3.8, 4) is 5.75 Å². The molecule has 7 heteroatoms. The lowest BCUT2D eigenvalue weighted by Crippen LogP contribution is -2.21. The number of halogens is 4. The SMILES string of the molecule is CCc1ccc(OCc2c(I)cccc2CC(=O)NC)c(C(F)(F)F)c1. The number of hydrogen-bond donors (Lipinski definition) is 1. The number of carbonyl (C=O) groups is 1. The van der Waals surface area contributed by atoms with Crippen molar-refractivity contribution in [1.29, 1.82) is 0 Å². The maximum Gasteiger partial charge on any atom is 0.419 e. The average molecular weight is 477 g/mol. The van der Waals surface area contributed by atoms with Crippen molar-refractivity contribution in [3.05, 3.63) is 62.2 Å². The van der Waals surface area contributed by atoms with Crippen LogP contribution in [0.2, 0.25) is 0 Å². The summed E-state index contributed by atoms with van der Waals surface area (Å²) in [5.74, 6) is -0.378. The average Bonchev–Trinajstić information content (AvgIpc) is 2.60. The van der Waals surface area contributed by atoms with E-state index in [0.717, 1.165) is 15.2 Å². The third-order valence-electron chi connectivity index (χ3n) is 3.98. The molecule has 26 heavy (non-hydrogen) atoms. The van der Waals surface area contributed by atoms with Gasteiger partial charge < -0.3 is 10.1 Å². The number of benzene rings is 2. The lowest BCUT2D eigenvalue weighted by atomic mass is 10.0. The molecule has 1 amide bonds. The van der Waals surface area contributed by atoms with Gasteiger partial charge in [0.25, 0.3) is 0 Å². The van der Waals surface area contributed by atoms with Gasteiger partial charge in [0, 0.05) is 16.2 Å². The molecule has 2 aromatic rings. The van der Waals surface area contributed by atoms with E-state index in [0.29, 0.717) is 17.5 Å². The van der Waals surface area contributed by atoms with Gasteiger partial charge in [-0.3, -0.25) is 4.79 Å². The van der Waals surface area contributed by atoms with Crippen molar-refractivity contribution in [2.45, 2.75) is 32.5 Å². The Kier molecular flexibility index (Phi) is 6.91. The molecule has 1 N–H and O–H groups in total. The van der Waals surface area contributed by atoms with Crippen LogP contribution in [0.1, 0.15) is 29.2 Å². The first-order valence-electron chi connectivity index (χ1n) is 8.06. The Labute approximate surface area is 164 Å². The number of rotatable bonds is 6. The summed E-state index contributed by atoms with van der Waals surface area (Å²) in [5.41, 5.74) is 1.26. The van der Waals surface area contributed by atoms with Crippen LogP contribution in [0.15, 0.2) is 36.4 Å². The lowest BCUT2D eigenvalue weighted by Gasteiger charge is -2.17. The van der Waals surface area contributed by atoms with Crippen LogP contribution < -0.4 is 10.1 Å². The summed E-state index contributed by atoms with van der Waals surface area (Å²) in [6.07, 6.45) is -3.83. The number of carbonyl (C=O) groups excluding carboxylic acids is 1. The van der Waals surface area contributed by atoms with E-state index in [1.54, 1.807) is 25.1 Å². The second-order valence-corrected chi connectivity index (χ2v) is 6.86. The zero-order valence-corrected chi connectivity index (χ0v) is 16.6. The van der Waals surface area contributed by atoms with Crippen LogP contribution >= 0.6 is 22.6 Å². The number of amides is 1. The van der Waals surface area contributed by atoms with E-state index in [-0.39, 0.29) is 24.7 Å². The molecule has 0 fully saturated rings. The minimum absolute atomic E-state index is 0.0417. The van der Waals surface area contributed by atoms with Gasteiger partial charge in [-0.25, -0.2) is 0 Å². The Bertz CT molecular complexity index is 791. The third kappa shape index (κ3) is 5.12. The Balaban J connectivity index is 2.31. The maximum absolute atomic E-state index is 13.3. The predicted molar refractivity (Wildman–Crippen MR) is 102 cm³/mol. The van der Waals surface area contributed by atoms with Crippen LogP contribution in [0.5, 0.6) is 5.75 Å². The maximum atomic E-state index is 13.3. The van der Waals surface area contributed by atoms with Crippen LogP contribution in [-0.4, -0.2) is 13.0 Å². The molecule has 0 aliphatic carbocycles. The molecule has 2 aromatic carbocycles. The van der Waals surface area contributed by atoms with Crippen molar-refractivity contribution < 1.29 is 22.7 Å². The normalized spacial score (nSPS) is 11.3. The number of nitrogens with one attached hydrogen (secondary N) is 1. The standard InChI is InChI=1S/C19H19F3INO2/c1-3-12-7-8-17(15(9-12)19(20,21)22)26-11-14-13(10-18(25)24-2)5-4-6-16(14)23/h4-9H,3,10-11H2,1-2H3,(H,24,25). The van der Waals surface area contributed by atoms with Gasteiger partial charge in [-0.15, -0.1) is 0 Å². The molecule has 0 aliphatic rings. The van der Waals surface area contributed by atoms with Crippen molar-refractivity contribution in [3.63, 3.8) is 0 Å². The molecule has 140 valence electrons.